The number of benzene rings is 1. The fraction of sp³-hybridized carbons (Fsp3) is 0.353. The van der Waals surface area contributed by atoms with Gasteiger partial charge in [0.05, 0.1) is 12.3 Å². The zero-order chi connectivity index (χ0) is 17.1. The molecular formula is C17H19N3O3S. The van der Waals surface area contributed by atoms with Crippen LogP contribution in [0.3, 0.4) is 0 Å². The van der Waals surface area contributed by atoms with E-state index >= 15 is 0 Å². The first-order valence-corrected chi connectivity index (χ1v) is 8.52. The molecule has 0 bridgehead atoms. The molecule has 1 aromatic heterocycles. The van der Waals surface area contributed by atoms with Gasteiger partial charge in [-0.15, -0.1) is 11.3 Å². The summed E-state index contributed by atoms with van der Waals surface area (Å²) in [6.07, 6.45) is 0. The van der Waals surface area contributed by atoms with Crippen molar-refractivity contribution in [3.05, 3.63) is 46.5 Å². The molecule has 6 nitrogen and oxygen atoms in total. The summed E-state index contributed by atoms with van der Waals surface area (Å²) in [7, 11) is 0. The maximum atomic E-state index is 12.6. The van der Waals surface area contributed by atoms with E-state index in [0.717, 1.165) is 16.1 Å². The Bertz CT molecular complexity index is 725. The van der Waals surface area contributed by atoms with E-state index in [0.29, 0.717) is 11.7 Å². The summed E-state index contributed by atoms with van der Waals surface area (Å²) in [5.74, 6) is -0.454. The van der Waals surface area contributed by atoms with Gasteiger partial charge in [-0.2, -0.15) is 0 Å². The van der Waals surface area contributed by atoms with Gasteiger partial charge in [-0.25, -0.2) is 4.98 Å². The minimum absolute atomic E-state index is 0.00603. The third-order valence-electron chi connectivity index (χ3n) is 3.95. The third-order valence-corrected chi connectivity index (χ3v) is 4.94. The first kappa shape index (κ1) is 16.6. The second kappa shape index (κ2) is 7.11. The molecular weight excluding hydrogens is 326 g/mol. The van der Waals surface area contributed by atoms with Crippen molar-refractivity contribution < 1.29 is 14.3 Å². The highest BCUT2D eigenvalue weighted by Gasteiger charge is 2.34. The van der Waals surface area contributed by atoms with E-state index in [1.807, 2.05) is 44.2 Å². The van der Waals surface area contributed by atoms with Gasteiger partial charge in [0.25, 0.3) is 5.91 Å². The Kier molecular flexibility index (Phi) is 4.92. The lowest BCUT2D eigenvalue weighted by molar-refractivity contribution is -0.154. The molecule has 1 N–H and O–H groups in total. The summed E-state index contributed by atoms with van der Waals surface area (Å²) in [6, 6.07) is 8.96. The maximum absolute atomic E-state index is 12.6. The molecule has 1 aromatic carbocycles. The Morgan fingerprint density at radius 1 is 1.38 bits per heavy atom. The molecule has 1 aliphatic heterocycles. The van der Waals surface area contributed by atoms with Crippen LogP contribution in [0.25, 0.3) is 0 Å². The number of aryl methyl sites for hydroxylation is 2. The van der Waals surface area contributed by atoms with E-state index < -0.39 is 6.04 Å². The van der Waals surface area contributed by atoms with Crippen molar-refractivity contribution in [1.82, 2.24) is 9.88 Å². The Labute approximate surface area is 144 Å². The lowest BCUT2D eigenvalue weighted by Gasteiger charge is -2.34. The van der Waals surface area contributed by atoms with Gasteiger partial charge in [-0.1, -0.05) is 30.3 Å². The van der Waals surface area contributed by atoms with Gasteiger partial charge in [0.2, 0.25) is 5.91 Å². The van der Waals surface area contributed by atoms with E-state index in [1.165, 1.54) is 11.3 Å². The van der Waals surface area contributed by atoms with Gasteiger partial charge >= 0.3 is 0 Å². The summed E-state index contributed by atoms with van der Waals surface area (Å²) in [5, 5.41) is 3.35. The minimum Gasteiger partial charge on any atom is -0.369 e. The van der Waals surface area contributed by atoms with E-state index in [4.69, 9.17) is 4.74 Å². The fourth-order valence-electron chi connectivity index (χ4n) is 2.52. The van der Waals surface area contributed by atoms with Crippen LogP contribution in [0.2, 0.25) is 0 Å². The zero-order valence-electron chi connectivity index (χ0n) is 13.6. The molecule has 2 heterocycles. The quantitative estimate of drug-likeness (QED) is 0.921. The van der Waals surface area contributed by atoms with Gasteiger partial charge in [0.1, 0.15) is 12.6 Å². The Balaban J connectivity index is 1.75. The second-order valence-electron chi connectivity index (χ2n) is 5.69. The average molecular weight is 345 g/mol. The third kappa shape index (κ3) is 3.63. The summed E-state index contributed by atoms with van der Waals surface area (Å²) in [4.78, 5) is 31.8. The van der Waals surface area contributed by atoms with Crippen LogP contribution in [0.5, 0.6) is 0 Å². The van der Waals surface area contributed by atoms with E-state index in [-0.39, 0.29) is 25.0 Å². The molecule has 0 saturated carbocycles. The van der Waals surface area contributed by atoms with Crippen LogP contribution < -0.4 is 5.32 Å². The van der Waals surface area contributed by atoms with Gasteiger partial charge in [-0.05, 0) is 19.4 Å². The molecule has 1 aliphatic rings. The zero-order valence-corrected chi connectivity index (χ0v) is 14.4. The number of nitrogens with zero attached hydrogens (tertiary/aromatic N) is 2. The average Bonchev–Trinajstić information content (AvgIpc) is 2.88. The van der Waals surface area contributed by atoms with Crippen molar-refractivity contribution in [3.63, 3.8) is 0 Å². The number of carbonyl (C=O) groups excluding carboxylic acids is 2. The number of rotatable bonds is 4. The number of hydrogen-bond acceptors (Lipinski definition) is 5. The first-order chi connectivity index (χ1) is 11.5. The number of amides is 2. The highest BCUT2D eigenvalue weighted by Crippen LogP contribution is 2.22. The highest BCUT2D eigenvalue weighted by atomic mass is 32.1. The van der Waals surface area contributed by atoms with E-state index in [9.17, 15) is 9.59 Å². The highest BCUT2D eigenvalue weighted by molar-refractivity contribution is 7.15. The Hall–Kier alpha value is -2.25. The number of aromatic nitrogens is 1. The van der Waals surface area contributed by atoms with Crippen molar-refractivity contribution in [1.29, 1.82) is 0 Å². The predicted octanol–water partition coefficient (Wildman–Crippen LogP) is 2.13. The molecule has 2 amide bonds. The van der Waals surface area contributed by atoms with Crippen molar-refractivity contribution >= 4 is 28.3 Å². The van der Waals surface area contributed by atoms with E-state index in [2.05, 4.69) is 10.3 Å². The minimum atomic E-state index is -0.657. The number of nitrogens with one attached hydrogen (secondary N) is 1. The van der Waals surface area contributed by atoms with Gasteiger partial charge in [0.15, 0.2) is 5.13 Å². The number of ether oxygens (including phenoxy) is 1. The van der Waals surface area contributed by atoms with Gasteiger partial charge in [0, 0.05) is 11.4 Å². The van der Waals surface area contributed by atoms with Crippen molar-refractivity contribution in [2.24, 2.45) is 0 Å². The largest absolute Gasteiger partial charge is 0.369 e. The number of morpholine rings is 1. The summed E-state index contributed by atoms with van der Waals surface area (Å²) in [5.41, 5.74) is 1.87. The van der Waals surface area contributed by atoms with Crippen LogP contribution in [0.15, 0.2) is 30.3 Å². The number of thiazole rings is 1. The van der Waals surface area contributed by atoms with Crippen molar-refractivity contribution in [2.75, 3.05) is 18.5 Å². The molecule has 0 unspecified atom stereocenters. The van der Waals surface area contributed by atoms with Crippen molar-refractivity contribution in [3.8, 4) is 0 Å². The lowest BCUT2D eigenvalue weighted by atomic mass is 10.1. The second-order valence-corrected chi connectivity index (χ2v) is 6.89. The smallest absolute Gasteiger partial charge is 0.251 e. The molecule has 2 aromatic rings. The molecule has 3 rings (SSSR count). The predicted molar refractivity (Wildman–Crippen MR) is 91.8 cm³/mol. The molecule has 0 aliphatic carbocycles. The summed E-state index contributed by atoms with van der Waals surface area (Å²) in [6.45, 7) is 4.44. The Morgan fingerprint density at radius 3 is 2.79 bits per heavy atom. The van der Waals surface area contributed by atoms with Crippen LogP contribution in [0.4, 0.5) is 5.13 Å². The van der Waals surface area contributed by atoms with Gasteiger partial charge in [-0.3, -0.25) is 9.59 Å². The normalized spacial score (nSPS) is 17.8. The summed E-state index contributed by atoms with van der Waals surface area (Å²) >= 11 is 1.43. The van der Waals surface area contributed by atoms with Crippen LogP contribution in [-0.2, 0) is 20.9 Å². The van der Waals surface area contributed by atoms with Crippen LogP contribution >= 0.6 is 11.3 Å². The standard InChI is InChI=1S/C17H19N3O3S/c1-11-12(2)24-17(18-11)19-16(22)14-9-23-10-15(21)20(14)8-13-6-4-3-5-7-13/h3-7,14H,8-10H2,1-2H3,(H,18,19,22)/t14-/m1/s1. The topological polar surface area (TPSA) is 71.5 Å². The molecule has 7 heteroatoms. The molecule has 1 atom stereocenters. The van der Waals surface area contributed by atoms with Crippen LogP contribution in [0, 0.1) is 13.8 Å². The fourth-order valence-corrected chi connectivity index (χ4v) is 3.33. The maximum Gasteiger partial charge on any atom is 0.251 e. The Morgan fingerprint density at radius 2 is 2.12 bits per heavy atom. The first-order valence-electron chi connectivity index (χ1n) is 7.70. The van der Waals surface area contributed by atoms with Crippen LogP contribution in [-0.4, -0.2) is 41.0 Å². The molecule has 0 spiro atoms. The van der Waals surface area contributed by atoms with Gasteiger partial charge < -0.3 is 15.0 Å². The SMILES string of the molecule is Cc1nc(NC(=O)[C@H]2COCC(=O)N2Cc2ccccc2)sc1C. The molecule has 1 fully saturated rings. The number of hydrogen-bond donors (Lipinski definition) is 1. The molecule has 0 radical (unpaired) electrons. The van der Waals surface area contributed by atoms with E-state index in [1.54, 1.807) is 4.90 Å². The summed E-state index contributed by atoms with van der Waals surface area (Å²) < 4.78 is 5.28. The molecule has 126 valence electrons. The number of anilines is 1. The molecule has 24 heavy (non-hydrogen) atoms. The monoisotopic (exact) mass is 345 g/mol. The van der Waals surface area contributed by atoms with Crippen LogP contribution in [0.1, 0.15) is 16.1 Å². The number of carbonyl (C=O) groups is 2. The lowest BCUT2D eigenvalue weighted by Crippen LogP contribution is -2.54. The molecule has 1 saturated heterocycles. The van der Waals surface area contributed by atoms with Crippen molar-refractivity contribution in [2.45, 2.75) is 26.4 Å².